The highest BCUT2D eigenvalue weighted by Crippen LogP contribution is 2.36. The zero-order valence-corrected chi connectivity index (χ0v) is 14.4. The molecule has 132 valence electrons. The van der Waals surface area contributed by atoms with Crippen molar-refractivity contribution in [3.05, 3.63) is 71.8 Å². The summed E-state index contributed by atoms with van der Waals surface area (Å²) in [5.74, 6) is -1.12. The van der Waals surface area contributed by atoms with E-state index in [1.54, 1.807) is 0 Å². The van der Waals surface area contributed by atoms with Crippen LogP contribution in [-0.4, -0.2) is 11.5 Å². The molecule has 4 aromatic rings. The number of aryl methyl sites for hydroxylation is 1. The Morgan fingerprint density at radius 1 is 0.885 bits per heavy atom. The lowest BCUT2D eigenvalue weighted by atomic mass is 9.96. The van der Waals surface area contributed by atoms with Crippen LogP contribution in [0.3, 0.4) is 0 Å². The molecule has 0 aliphatic rings. The average molecular weight is 350 g/mol. The summed E-state index contributed by atoms with van der Waals surface area (Å²) in [5.41, 5.74) is 8.79. The predicted molar refractivity (Wildman–Crippen MR) is 103 cm³/mol. The zero-order valence-electron chi connectivity index (χ0n) is 14.4. The van der Waals surface area contributed by atoms with E-state index in [9.17, 15) is 8.78 Å². The molecular weight excluding hydrogens is 330 g/mol. The molecule has 0 amide bonds. The molecule has 1 heterocycles. The molecule has 2 nitrogen and oxygen atoms in total. The van der Waals surface area contributed by atoms with Gasteiger partial charge in [0.1, 0.15) is 11.6 Å². The first-order valence-electron chi connectivity index (χ1n) is 8.87. The van der Waals surface area contributed by atoms with E-state index >= 15 is 0 Å². The van der Waals surface area contributed by atoms with Crippen molar-refractivity contribution in [3.8, 4) is 11.3 Å². The van der Waals surface area contributed by atoms with Crippen LogP contribution in [0, 0.1) is 11.6 Å². The molecule has 0 unspecified atom stereocenters. The number of nitrogens with two attached hydrogens (primary N) is 1. The third-order valence-electron chi connectivity index (χ3n) is 4.87. The number of halogens is 2. The molecule has 4 heteroatoms. The van der Waals surface area contributed by atoms with Crippen molar-refractivity contribution in [2.24, 2.45) is 5.73 Å². The lowest BCUT2D eigenvalue weighted by Gasteiger charge is -2.09. The fourth-order valence-electron chi connectivity index (χ4n) is 3.65. The van der Waals surface area contributed by atoms with Crippen molar-refractivity contribution >= 4 is 21.7 Å². The summed E-state index contributed by atoms with van der Waals surface area (Å²) >= 11 is 0. The van der Waals surface area contributed by atoms with Gasteiger partial charge in [-0.3, -0.25) is 0 Å². The van der Waals surface area contributed by atoms with Crippen LogP contribution in [0.5, 0.6) is 0 Å². The van der Waals surface area contributed by atoms with Crippen molar-refractivity contribution in [1.82, 2.24) is 4.98 Å². The van der Waals surface area contributed by atoms with E-state index in [0.29, 0.717) is 17.4 Å². The summed E-state index contributed by atoms with van der Waals surface area (Å²) < 4.78 is 28.2. The van der Waals surface area contributed by atoms with Crippen molar-refractivity contribution in [1.29, 1.82) is 0 Å². The van der Waals surface area contributed by atoms with Gasteiger partial charge in [0.15, 0.2) is 0 Å². The number of fused-ring (bicyclic) bond motifs is 2. The molecule has 26 heavy (non-hydrogen) atoms. The molecule has 4 rings (SSSR count). The van der Waals surface area contributed by atoms with Gasteiger partial charge >= 0.3 is 0 Å². The molecule has 0 aliphatic carbocycles. The summed E-state index contributed by atoms with van der Waals surface area (Å²) in [6.45, 7) is 0.606. The summed E-state index contributed by atoms with van der Waals surface area (Å²) in [4.78, 5) is 3.22. The molecule has 1 aromatic heterocycles. The van der Waals surface area contributed by atoms with E-state index < -0.39 is 11.6 Å². The average Bonchev–Trinajstić information content (AvgIpc) is 3.00. The van der Waals surface area contributed by atoms with Gasteiger partial charge in [-0.2, -0.15) is 0 Å². The molecule has 0 aliphatic heterocycles. The molecule has 0 saturated carbocycles. The summed E-state index contributed by atoms with van der Waals surface area (Å²) in [6, 6.07) is 16.5. The second-order valence-electron chi connectivity index (χ2n) is 6.56. The van der Waals surface area contributed by atoms with Crippen LogP contribution in [0.15, 0.2) is 54.6 Å². The molecule has 0 saturated heterocycles. The zero-order chi connectivity index (χ0) is 18.1. The maximum atomic E-state index is 14.4. The van der Waals surface area contributed by atoms with Gasteiger partial charge in [-0.25, -0.2) is 8.78 Å². The fourth-order valence-corrected chi connectivity index (χ4v) is 3.65. The molecule has 0 radical (unpaired) electrons. The van der Waals surface area contributed by atoms with Gasteiger partial charge in [0.05, 0.1) is 11.2 Å². The second-order valence-corrected chi connectivity index (χ2v) is 6.56. The van der Waals surface area contributed by atoms with Crippen LogP contribution >= 0.6 is 0 Å². The maximum absolute atomic E-state index is 14.4. The smallest absolute Gasteiger partial charge is 0.150 e. The highest BCUT2D eigenvalue weighted by Gasteiger charge is 2.18. The Labute approximate surface area is 150 Å². The Kier molecular flexibility index (Phi) is 4.43. The van der Waals surface area contributed by atoms with Gasteiger partial charge in [0.2, 0.25) is 0 Å². The lowest BCUT2D eigenvalue weighted by molar-refractivity contribution is 0.591. The maximum Gasteiger partial charge on any atom is 0.150 e. The van der Waals surface area contributed by atoms with Crippen LogP contribution in [0.2, 0.25) is 0 Å². The van der Waals surface area contributed by atoms with Gasteiger partial charge < -0.3 is 10.7 Å². The molecule has 0 bridgehead atoms. The standard InChI is InChI=1S/C22H20F2N2/c23-15-12-19-18(9-3-4-11-25)21(26-22(19)20(24)13-15)17-10-5-7-14-6-1-2-8-16(14)17/h1-2,5-8,10,12-13,26H,3-4,9,11,25H2. The van der Waals surface area contributed by atoms with Gasteiger partial charge in [0, 0.05) is 17.0 Å². The normalized spacial score (nSPS) is 11.5. The topological polar surface area (TPSA) is 41.8 Å². The molecule has 0 atom stereocenters. The summed E-state index contributed by atoms with van der Waals surface area (Å²) in [6.07, 6.45) is 2.47. The fraction of sp³-hybridized carbons (Fsp3) is 0.182. The summed E-state index contributed by atoms with van der Waals surface area (Å²) in [7, 11) is 0. The van der Waals surface area contributed by atoms with Crippen LogP contribution in [0.4, 0.5) is 8.78 Å². The van der Waals surface area contributed by atoms with Crippen LogP contribution in [0.1, 0.15) is 18.4 Å². The van der Waals surface area contributed by atoms with E-state index in [1.807, 2.05) is 24.3 Å². The Morgan fingerprint density at radius 2 is 1.69 bits per heavy atom. The second kappa shape index (κ2) is 6.89. The number of aromatic nitrogens is 1. The quantitative estimate of drug-likeness (QED) is 0.455. The SMILES string of the molecule is NCCCCc1c(-c2cccc3ccccc23)[nH]c2c(F)cc(F)cc12. The van der Waals surface area contributed by atoms with Crippen molar-refractivity contribution in [2.45, 2.75) is 19.3 Å². The third kappa shape index (κ3) is 2.86. The minimum atomic E-state index is -0.563. The van der Waals surface area contributed by atoms with Gasteiger partial charge in [-0.1, -0.05) is 42.5 Å². The van der Waals surface area contributed by atoms with E-state index in [-0.39, 0.29) is 0 Å². The molecular formula is C22H20F2N2. The van der Waals surface area contributed by atoms with Crippen LogP contribution < -0.4 is 5.73 Å². The monoisotopic (exact) mass is 350 g/mol. The molecule has 3 N–H and O–H groups in total. The number of nitrogens with one attached hydrogen (secondary N) is 1. The van der Waals surface area contributed by atoms with E-state index in [2.05, 4.69) is 23.2 Å². The Morgan fingerprint density at radius 3 is 2.54 bits per heavy atom. The molecule has 3 aromatic carbocycles. The number of aromatic amines is 1. The van der Waals surface area contributed by atoms with E-state index in [0.717, 1.165) is 52.9 Å². The minimum Gasteiger partial charge on any atom is -0.352 e. The van der Waals surface area contributed by atoms with Crippen molar-refractivity contribution in [2.75, 3.05) is 6.54 Å². The predicted octanol–water partition coefficient (Wildman–Crippen LogP) is 5.55. The number of hydrogen-bond acceptors (Lipinski definition) is 1. The largest absolute Gasteiger partial charge is 0.352 e. The number of H-pyrrole nitrogens is 1. The first kappa shape index (κ1) is 16.7. The number of rotatable bonds is 5. The van der Waals surface area contributed by atoms with Gasteiger partial charge in [-0.15, -0.1) is 0 Å². The summed E-state index contributed by atoms with van der Waals surface area (Å²) in [5, 5.41) is 2.81. The third-order valence-corrected chi connectivity index (χ3v) is 4.87. The first-order valence-corrected chi connectivity index (χ1v) is 8.87. The Bertz CT molecular complexity index is 1080. The molecule has 0 spiro atoms. The number of benzene rings is 3. The molecule has 0 fully saturated rings. The first-order chi connectivity index (χ1) is 12.7. The van der Waals surface area contributed by atoms with Crippen LogP contribution in [0.25, 0.3) is 32.9 Å². The van der Waals surface area contributed by atoms with Gasteiger partial charge in [0.25, 0.3) is 0 Å². The van der Waals surface area contributed by atoms with E-state index in [4.69, 9.17) is 5.73 Å². The highest BCUT2D eigenvalue weighted by molar-refractivity contribution is 6.00. The number of hydrogen-bond donors (Lipinski definition) is 2. The Balaban J connectivity index is 1.98. The van der Waals surface area contributed by atoms with E-state index in [1.165, 1.54) is 6.07 Å². The highest BCUT2D eigenvalue weighted by atomic mass is 19.1. The Hall–Kier alpha value is -2.72. The van der Waals surface area contributed by atoms with Crippen molar-refractivity contribution < 1.29 is 8.78 Å². The minimum absolute atomic E-state index is 0.358. The number of unbranched alkanes of at least 4 members (excludes halogenated alkanes) is 1. The van der Waals surface area contributed by atoms with Crippen molar-refractivity contribution in [3.63, 3.8) is 0 Å². The van der Waals surface area contributed by atoms with Crippen LogP contribution in [-0.2, 0) is 6.42 Å². The van der Waals surface area contributed by atoms with Gasteiger partial charge in [-0.05, 0) is 48.2 Å². The lowest BCUT2D eigenvalue weighted by Crippen LogP contribution is -1.99.